The number of benzene rings is 2. The molecular formula is C19H19Cl4N3O3S. The number of nitrogens with one attached hydrogen (secondary N) is 3. The van der Waals surface area contributed by atoms with Gasteiger partial charge in [0.25, 0.3) is 0 Å². The van der Waals surface area contributed by atoms with Crippen LogP contribution in [0.15, 0.2) is 42.5 Å². The minimum absolute atomic E-state index is 0.0104. The molecule has 162 valence electrons. The minimum atomic E-state index is -1.87. The van der Waals surface area contributed by atoms with Crippen LogP contribution in [-0.2, 0) is 11.2 Å². The maximum absolute atomic E-state index is 12.6. The Kier molecular flexibility index (Phi) is 9.12. The van der Waals surface area contributed by atoms with Gasteiger partial charge in [-0.2, -0.15) is 0 Å². The van der Waals surface area contributed by atoms with Crippen molar-refractivity contribution in [3.63, 3.8) is 0 Å². The first-order valence-corrected chi connectivity index (χ1v) is 10.4. The first-order chi connectivity index (χ1) is 14.1. The van der Waals surface area contributed by atoms with Crippen molar-refractivity contribution in [3.05, 3.63) is 53.1 Å². The van der Waals surface area contributed by atoms with Gasteiger partial charge in [0.2, 0.25) is 9.70 Å². The van der Waals surface area contributed by atoms with Crippen LogP contribution in [0.25, 0.3) is 0 Å². The van der Waals surface area contributed by atoms with Crippen molar-refractivity contribution in [2.75, 3.05) is 19.5 Å². The summed E-state index contributed by atoms with van der Waals surface area (Å²) in [5.41, 5.74) is 1.31. The Balaban J connectivity index is 2.04. The predicted molar refractivity (Wildman–Crippen MR) is 126 cm³/mol. The molecule has 0 heterocycles. The third-order valence-corrected chi connectivity index (χ3v) is 4.98. The van der Waals surface area contributed by atoms with Gasteiger partial charge in [-0.15, -0.1) is 0 Å². The van der Waals surface area contributed by atoms with Gasteiger partial charge in [-0.05, 0) is 42.5 Å². The van der Waals surface area contributed by atoms with E-state index in [1.165, 1.54) is 7.11 Å². The molecule has 11 heteroatoms. The molecule has 0 aliphatic heterocycles. The fraction of sp³-hybridized carbons (Fsp3) is 0.263. The Morgan fingerprint density at radius 2 is 1.73 bits per heavy atom. The lowest BCUT2D eigenvalue weighted by molar-refractivity contribution is -0.121. The molecule has 2 rings (SSSR count). The van der Waals surface area contributed by atoms with Crippen LogP contribution >= 0.6 is 58.6 Å². The van der Waals surface area contributed by atoms with E-state index < -0.39 is 15.9 Å². The second-order valence-electron chi connectivity index (χ2n) is 6.00. The van der Waals surface area contributed by atoms with Gasteiger partial charge in [0, 0.05) is 22.3 Å². The summed E-state index contributed by atoms with van der Waals surface area (Å²) in [7, 11) is 3.04. The second-order valence-corrected chi connectivity index (χ2v) is 9.22. The molecule has 0 saturated heterocycles. The maximum Gasteiger partial charge on any atom is 0.228 e. The SMILES string of the molecule is COc1ccc(CC(=O)NC(NC(=S)Nc2ccc(Cl)cc2)C(Cl)(Cl)Cl)c(OC)c1. The lowest BCUT2D eigenvalue weighted by Crippen LogP contribution is -2.56. The molecule has 2 aromatic carbocycles. The molecule has 1 amide bonds. The van der Waals surface area contributed by atoms with Crippen LogP contribution in [0.3, 0.4) is 0 Å². The van der Waals surface area contributed by atoms with Crippen LogP contribution in [0, 0.1) is 0 Å². The lowest BCUT2D eigenvalue weighted by atomic mass is 10.1. The van der Waals surface area contributed by atoms with E-state index in [4.69, 9.17) is 68.1 Å². The fourth-order valence-electron chi connectivity index (χ4n) is 2.41. The van der Waals surface area contributed by atoms with E-state index in [0.717, 1.165) is 0 Å². The zero-order valence-electron chi connectivity index (χ0n) is 16.0. The molecule has 0 saturated carbocycles. The van der Waals surface area contributed by atoms with Gasteiger partial charge in [-0.3, -0.25) is 4.79 Å². The molecule has 0 aromatic heterocycles. The Labute approximate surface area is 200 Å². The number of methoxy groups -OCH3 is 2. The van der Waals surface area contributed by atoms with E-state index in [1.54, 1.807) is 49.6 Å². The second kappa shape index (κ2) is 11.1. The van der Waals surface area contributed by atoms with Crippen molar-refractivity contribution in [2.24, 2.45) is 0 Å². The van der Waals surface area contributed by atoms with Crippen molar-refractivity contribution >= 4 is 75.3 Å². The predicted octanol–water partition coefficient (Wildman–Crippen LogP) is 4.70. The molecule has 2 aromatic rings. The molecule has 0 aliphatic carbocycles. The monoisotopic (exact) mass is 509 g/mol. The van der Waals surface area contributed by atoms with Crippen LogP contribution in [-0.4, -0.2) is 35.2 Å². The molecule has 3 N–H and O–H groups in total. The molecule has 1 atom stereocenters. The summed E-state index contributed by atoms with van der Waals surface area (Å²) >= 11 is 29.2. The quantitative estimate of drug-likeness (QED) is 0.285. The van der Waals surface area contributed by atoms with E-state index >= 15 is 0 Å². The summed E-state index contributed by atoms with van der Waals surface area (Å²) in [6.07, 6.45) is -1.10. The van der Waals surface area contributed by atoms with Crippen LogP contribution in [0.2, 0.25) is 5.02 Å². The minimum Gasteiger partial charge on any atom is -0.497 e. The summed E-state index contributed by atoms with van der Waals surface area (Å²) in [5.74, 6) is 0.704. The van der Waals surface area contributed by atoms with Crippen LogP contribution in [0.1, 0.15) is 5.56 Å². The molecule has 0 radical (unpaired) electrons. The van der Waals surface area contributed by atoms with Crippen LogP contribution < -0.4 is 25.4 Å². The number of rotatable bonds is 7. The van der Waals surface area contributed by atoms with Gasteiger partial charge in [-0.1, -0.05) is 52.5 Å². The number of hydrogen-bond donors (Lipinski definition) is 3. The number of thiocarbonyl (C=S) groups is 1. The molecule has 0 aliphatic rings. The van der Waals surface area contributed by atoms with E-state index in [1.807, 2.05) is 0 Å². The lowest BCUT2D eigenvalue weighted by Gasteiger charge is -2.28. The number of hydrogen-bond acceptors (Lipinski definition) is 4. The summed E-state index contributed by atoms with van der Waals surface area (Å²) < 4.78 is 8.59. The maximum atomic E-state index is 12.6. The third-order valence-electron chi connectivity index (χ3n) is 3.86. The topological polar surface area (TPSA) is 71.6 Å². The van der Waals surface area contributed by atoms with E-state index in [-0.39, 0.29) is 11.5 Å². The van der Waals surface area contributed by atoms with Crippen molar-refractivity contribution in [1.82, 2.24) is 10.6 Å². The number of halogens is 4. The average Bonchev–Trinajstić information content (AvgIpc) is 2.68. The molecule has 0 fully saturated rings. The molecule has 0 spiro atoms. The Hall–Kier alpha value is -1.64. The number of carbonyl (C=O) groups excluding carboxylic acids is 1. The molecule has 6 nitrogen and oxygen atoms in total. The van der Waals surface area contributed by atoms with Gasteiger partial charge >= 0.3 is 0 Å². The summed E-state index contributed by atoms with van der Waals surface area (Å²) in [6.45, 7) is 0. The number of amides is 1. The number of alkyl halides is 3. The highest BCUT2D eigenvalue weighted by Gasteiger charge is 2.34. The van der Waals surface area contributed by atoms with Gasteiger partial charge in [0.15, 0.2) is 5.11 Å². The molecule has 1 unspecified atom stereocenters. The van der Waals surface area contributed by atoms with Crippen molar-refractivity contribution in [1.29, 1.82) is 0 Å². The van der Waals surface area contributed by atoms with Crippen LogP contribution in [0.4, 0.5) is 5.69 Å². The van der Waals surface area contributed by atoms with Crippen molar-refractivity contribution in [2.45, 2.75) is 16.4 Å². The fourth-order valence-corrected chi connectivity index (χ4v) is 3.10. The van der Waals surface area contributed by atoms with Crippen molar-refractivity contribution in [3.8, 4) is 11.5 Å². The Morgan fingerprint density at radius 1 is 1.07 bits per heavy atom. The van der Waals surface area contributed by atoms with Gasteiger partial charge in [0.05, 0.1) is 20.6 Å². The molecule has 0 bridgehead atoms. The number of ether oxygens (including phenoxy) is 2. The number of anilines is 1. The standard InChI is InChI=1S/C19H19Cl4N3O3S/c1-28-14-8-3-11(15(10-14)29-2)9-16(27)25-17(19(21,22)23)26-18(30)24-13-6-4-12(20)5-7-13/h3-8,10,17H,9H2,1-2H3,(H,25,27)(H2,24,26,30). The van der Waals surface area contributed by atoms with Gasteiger partial charge < -0.3 is 25.4 Å². The largest absolute Gasteiger partial charge is 0.497 e. The summed E-state index contributed by atoms with van der Waals surface area (Å²) in [4.78, 5) is 12.6. The van der Waals surface area contributed by atoms with Crippen LogP contribution in [0.5, 0.6) is 11.5 Å². The highest BCUT2D eigenvalue weighted by Crippen LogP contribution is 2.30. The Morgan fingerprint density at radius 3 is 2.30 bits per heavy atom. The van der Waals surface area contributed by atoms with E-state index in [0.29, 0.717) is 27.8 Å². The molecular weight excluding hydrogens is 492 g/mol. The average molecular weight is 511 g/mol. The third kappa shape index (κ3) is 7.56. The first kappa shape index (κ1) is 24.6. The highest BCUT2D eigenvalue weighted by molar-refractivity contribution is 7.80. The number of carbonyl (C=O) groups is 1. The first-order valence-electron chi connectivity index (χ1n) is 8.52. The van der Waals surface area contributed by atoms with E-state index in [9.17, 15) is 4.79 Å². The normalized spacial score (nSPS) is 11.9. The molecule has 30 heavy (non-hydrogen) atoms. The van der Waals surface area contributed by atoms with E-state index in [2.05, 4.69) is 16.0 Å². The summed E-state index contributed by atoms with van der Waals surface area (Å²) in [6, 6.07) is 12.0. The zero-order chi connectivity index (χ0) is 22.3. The Bertz CT molecular complexity index is 892. The highest BCUT2D eigenvalue weighted by atomic mass is 35.6. The van der Waals surface area contributed by atoms with Gasteiger partial charge in [0.1, 0.15) is 17.7 Å². The van der Waals surface area contributed by atoms with Gasteiger partial charge in [-0.25, -0.2) is 0 Å². The zero-order valence-corrected chi connectivity index (χ0v) is 19.8. The smallest absolute Gasteiger partial charge is 0.228 e. The van der Waals surface area contributed by atoms with Crippen molar-refractivity contribution < 1.29 is 14.3 Å². The summed E-state index contributed by atoms with van der Waals surface area (Å²) in [5, 5.41) is 9.08.